The Kier molecular flexibility index (Phi) is 3.64. The van der Waals surface area contributed by atoms with Crippen molar-refractivity contribution in [1.82, 2.24) is 0 Å². The lowest BCUT2D eigenvalue weighted by Crippen LogP contribution is -2.01. The van der Waals surface area contributed by atoms with E-state index in [0.29, 0.717) is 9.94 Å². The molecule has 0 saturated carbocycles. The molecule has 1 aromatic heterocycles. The number of carbonyl (C=O) groups is 2. The number of hydrogen-bond acceptors (Lipinski definition) is 4. The first-order valence-corrected chi connectivity index (χ1v) is 4.84. The van der Waals surface area contributed by atoms with E-state index in [4.69, 9.17) is 9.84 Å². The number of Topliss-reactive ketones (excluding diaryl/α,β-unsaturated/α-hetero) is 1. The lowest BCUT2D eigenvalue weighted by Gasteiger charge is -1.93. The van der Waals surface area contributed by atoms with Crippen molar-refractivity contribution < 1.29 is 19.4 Å². The smallest absolute Gasteiger partial charge is 0.303 e. The average molecular weight is 214 g/mol. The molecule has 0 fully saturated rings. The van der Waals surface area contributed by atoms with Gasteiger partial charge in [0.1, 0.15) is 0 Å². The SMILES string of the molecule is COc1ccc(C(=O)CCC(=O)O)s1. The molecular weight excluding hydrogens is 204 g/mol. The van der Waals surface area contributed by atoms with Crippen molar-refractivity contribution in [3.05, 3.63) is 17.0 Å². The van der Waals surface area contributed by atoms with Crippen LogP contribution in [0, 0.1) is 0 Å². The summed E-state index contributed by atoms with van der Waals surface area (Å²) in [6.45, 7) is 0. The predicted octanol–water partition coefficient (Wildman–Crippen LogP) is 1.80. The summed E-state index contributed by atoms with van der Waals surface area (Å²) in [5.41, 5.74) is 0. The monoisotopic (exact) mass is 214 g/mol. The second-order valence-corrected chi connectivity index (χ2v) is 3.69. The van der Waals surface area contributed by atoms with Crippen molar-refractivity contribution in [2.45, 2.75) is 12.8 Å². The normalized spacial score (nSPS) is 9.79. The van der Waals surface area contributed by atoms with Crippen LogP contribution in [-0.2, 0) is 4.79 Å². The first-order valence-electron chi connectivity index (χ1n) is 4.02. The van der Waals surface area contributed by atoms with Gasteiger partial charge >= 0.3 is 5.97 Å². The maximum Gasteiger partial charge on any atom is 0.303 e. The van der Waals surface area contributed by atoms with Crippen LogP contribution in [0.1, 0.15) is 22.5 Å². The second-order valence-electron chi connectivity index (χ2n) is 2.64. The van der Waals surface area contributed by atoms with Crippen LogP contribution < -0.4 is 4.74 Å². The van der Waals surface area contributed by atoms with E-state index in [1.54, 1.807) is 12.1 Å². The highest BCUT2D eigenvalue weighted by molar-refractivity contribution is 7.15. The number of aliphatic carboxylic acids is 1. The van der Waals surface area contributed by atoms with Crippen LogP contribution in [0.3, 0.4) is 0 Å². The molecule has 1 rings (SSSR count). The lowest BCUT2D eigenvalue weighted by molar-refractivity contribution is -0.136. The van der Waals surface area contributed by atoms with Gasteiger partial charge in [-0.2, -0.15) is 0 Å². The molecule has 0 amide bonds. The van der Waals surface area contributed by atoms with Gasteiger partial charge in [-0.25, -0.2) is 0 Å². The quantitative estimate of drug-likeness (QED) is 0.759. The number of ether oxygens (including phenoxy) is 1. The number of thiophene rings is 1. The fourth-order valence-corrected chi connectivity index (χ4v) is 1.71. The number of rotatable bonds is 5. The minimum Gasteiger partial charge on any atom is -0.487 e. The van der Waals surface area contributed by atoms with Crippen LogP contribution in [0.15, 0.2) is 12.1 Å². The molecule has 0 bridgehead atoms. The largest absolute Gasteiger partial charge is 0.487 e. The van der Waals surface area contributed by atoms with Gasteiger partial charge < -0.3 is 9.84 Å². The summed E-state index contributed by atoms with van der Waals surface area (Å²) in [5, 5.41) is 9.04. The Morgan fingerprint density at radius 1 is 1.43 bits per heavy atom. The standard InChI is InChI=1S/C9H10O4S/c1-13-9-5-3-7(14-9)6(10)2-4-8(11)12/h3,5H,2,4H2,1H3,(H,11,12). The predicted molar refractivity (Wildman–Crippen MR) is 52.1 cm³/mol. The number of methoxy groups -OCH3 is 1. The summed E-state index contributed by atoms with van der Waals surface area (Å²) in [6, 6.07) is 3.34. The topological polar surface area (TPSA) is 63.6 Å². The van der Waals surface area contributed by atoms with Crippen LogP contribution in [0.2, 0.25) is 0 Å². The number of carboxylic acid groups (broad SMARTS) is 1. The van der Waals surface area contributed by atoms with Crippen molar-refractivity contribution in [3.8, 4) is 5.06 Å². The zero-order valence-corrected chi connectivity index (χ0v) is 8.47. The molecule has 0 aromatic carbocycles. The third-order valence-electron chi connectivity index (χ3n) is 1.62. The van der Waals surface area contributed by atoms with Crippen molar-refractivity contribution >= 4 is 23.1 Å². The van der Waals surface area contributed by atoms with Crippen molar-refractivity contribution in [3.63, 3.8) is 0 Å². The molecule has 0 saturated heterocycles. The van der Waals surface area contributed by atoms with Crippen LogP contribution in [-0.4, -0.2) is 24.0 Å². The molecule has 0 unspecified atom stereocenters. The average Bonchev–Trinajstić information content (AvgIpc) is 2.62. The van der Waals surface area contributed by atoms with E-state index in [9.17, 15) is 9.59 Å². The Labute approximate surface area is 85.1 Å². The molecule has 1 N–H and O–H groups in total. The molecule has 1 heterocycles. The Hall–Kier alpha value is -1.36. The molecule has 0 aliphatic heterocycles. The van der Waals surface area contributed by atoms with Gasteiger partial charge in [0.15, 0.2) is 10.8 Å². The van der Waals surface area contributed by atoms with Crippen molar-refractivity contribution in [2.24, 2.45) is 0 Å². The Balaban J connectivity index is 2.56. The minimum atomic E-state index is -0.957. The highest BCUT2D eigenvalue weighted by Gasteiger charge is 2.11. The molecule has 4 nitrogen and oxygen atoms in total. The summed E-state index contributed by atoms with van der Waals surface area (Å²) in [5.74, 6) is -1.11. The van der Waals surface area contributed by atoms with Crippen LogP contribution in [0.4, 0.5) is 0 Å². The Bertz CT molecular complexity index is 342. The van der Waals surface area contributed by atoms with Gasteiger partial charge in [0.2, 0.25) is 0 Å². The van der Waals surface area contributed by atoms with Gasteiger partial charge in [0.05, 0.1) is 18.4 Å². The van der Waals surface area contributed by atoms with E-state index in [1.807, 2.05) is 0 Å². The van der Waals surface area contributed by atoms with E-state index in [-0.39, 0.29) is 18.6 Å². The second kappa shape index (κ2) is 4.76. The summed E-state index contributed by atoms with van der Waals surface area (Å²) >= 11 is 1.23. The minimum absolute atomic E-state index is 0.0407. The third-order valence-corrected chi connectivity index (χ3v) is 2.71. The fraction of sp³-hybridized carbons (Fsp3) is 0.333. The molecule has 0 spiro atoms. The van der Waals surface area contributed by atoms with Gasteiger partial charge in [-0.05, 0) is 12.1 Å². The van der Waals surface area contributed by atoms with Gasteiger partial charge in [-0.1, -0.05) is 11.3 Å². The molecule has 0 aliphatic carbocycles. The molecule has 5 heteroatoms. The van der Waals surface area contributed by atoms with E-state index < -0.39 is 5.97 Å². The molecule has 0 radical (unpaired) electrons. The van der Waals surface area contributed by atoms with Crippen LogP contribution in [0.5, 0.6) is 5.06 Å². The summed E-state index contributed by atoms with van der Waals surface area (Å²) in [4.78, 5) is 22.1. The highest BCUT2D eigenvalue weighted by Crippen LogP contribution is 2.25. The first kappa shape index (κ1) is 10.7. The van der Waals surface area contributed by atoms with Gasteiger partial charge in [-0.3, -0.25) is 9.59 Å². The number of hydrogen-bond donors (Lipinski definition) is 1. The summed E-state index contributed by atoms with van der Waals surface area (Å²) in [7, 11) is 1.53. The fourth-order valence-electron chi connectivity index (χ4n) is 0.923. The number of carboxylic acids is 1. The highest BCUT2D eigenvalue weighted by atomic mass is 32.1. The van der Waals surface area contributed by atoms with Gasteiger partial charge in [0, 0.05) is 6.42 Å². The Morgan fingerprint density at radius 3 is 2.64 bits per heavy atom. The first-order chi connectivity index (χ1) is 6.63. The zero-order valence-electron chi connectivity index (χ0n) is 7.65. The maximum atomic E-state index is 11.4. The van der Waals surface area contributed by atoms with Crippen LogP contribution >= 0.6 is 11.3 Å². The molecule has 0 aliphatic rings. The Morgan fingerprint density at radius 2 is 2.14 bits per heavy atom. The van der Waals surface area contributed by atoms with Crippen molar-refractivity contribution in [2.75, 3.05) is 7.11 Å². The third kappa shape index (κ3) is 2.85. The number of ketones is 1. The van der Waals surface area contributed by atoms with Gasteiger partial charge in [0.25, 0.3) is 0 Å². The molecule has 14 heavy (non-hydrogen) atoms. The zero-order chi connectivity index (χ0) is 10.6. The number of carbonyl (C=O) groups excluding carboxylic acids is 1. The van der Waals surface area contributed by atoms with E-state index >= 15 is 0 Å². The van der Waals surface area contributed by atoms with E-state index in [2.05, 4.69) is 0 Å². The van der Waals surface area contributed by atoms with E-state index in [0.717, 1.165) is 0 Å². The summed E-state index contributed by atoms with van der Waals surface area (Å²) < 4.78 is 4.92. The molecular formula is C9H10O4S. The van der Waals surface area contributed by atoms with Crippen LogP contribution in [0.25, 0.3) is 0 Å². The maximum absolute atomic E-state index is 11.4. The lowest BCUT2D eigenvalue weighted by atomic mass is 10.2. The summed E-state index contributed by atoms with van der Waals surface area (Å²) in [6.07, 6.45) is -0.0853. The molecule has 76 valence electrons. The van der Waals surface area contributed by atoms with Gasteiger partial charge in [-0.15, -0.1) is 0 Å². The molecule has 1 aromatic rings. The van der Waals surface area contributed by atoms with E-state index in [1.165, 1.54) is 18.4 Å². The van der Waals surface area contributed by atoms with Crippen molar-refractivity contribution in [1.29, 1.82) is 0 Å². The molecule has 0 atom stereocenters.